The van der Waals surface area contributed by atoms with E-state index in [0.717, 1.165) is 12.0 Å². The molecule has 0 saturated heterocycles. The number of anilines is 1. The van der Waals surface area contributed by atoms with E-state index in [0.29, 0.717) is 17.9 Å². The molecule has 0 fully saturated rings. The van der Waals surface area contributed by atoms with Crippen LogP contribution in [0.4, 0.5) is 5.69 Å². The van der Waals surface area contributed by atoms with Gasteiger partial charge < -0.3 is 9.84 Å². The third-order valence-corrected chi connectivity index (χ3v) is 3.29. The van der Waals surface area contributed by atoms with Crippen LogP contribution < -0.4 is 9.64 Å². The first-order valence-electron chi connectivity index (χ1n) is 6.39. The summed E-state index contributed by atoms with van der Waals surface area (Å²) < 4.78 is 5.36. The van der Waals surface area contributed by atoms with Gasteiger partial charge in [0.2, 0.25) is 0 Å². The van der Waals surface area contributed by atoms with Gasteiger partial charge in [0.05, 0.1) is 5.69 Å². The van der Waals surface area contributed by atoms with Crippen molar-refractivity contribution < 1.29 is 19.4 Å². The highest BCUT2D eigenvalue weighted by atomic mass is 16.5. The first-order chi connectivity index (χ1) is 9.08. The summed E-state index contributed by atoms with van der Waals surface area (Å²) in [5.74, 6) is -0.739. The summed E-state index contributed by atoms with van der Waals surface area (Å²) in [6, 6.07) is 4.71. The Morgan fingerprint density at radius 1 is 1.47 bits per heavy atom. The van der Waals surface area contributed by atoms with E-state index in [-0.39, 0.29) is 12.5 Å². The molecule has 5 heteroatoms. The van der Waals surface area contributed by atoms with E-state index >= 15 is 0 Å². The minimum absolute atomic E-state index is 0.109. The number of carboxylic acid groups (broad SMARTS) is 1. The van der Waals surface area contributed by atoms with Crippen LogP contribution in [0.15, 0.2) is 18.2 Å². The van der Waals surface area contributed by atoms with Crippen molar-refractivity contribution in [2.45, 2.75) is 32.7 Å². The average molecular weight is 263 g/mol. The lowest BCUT2D eigenvalue weighted by atomic mass is 10.1. The fraction of sp³-hybridized carbons (Fsp3) is 0.429. The lowest BCUT2D eigenvalue weighted by Gasteiger charge is -2.33. The Balaban J connectivity index is 2.49. The van der Waals surface area contributed by atoms with Gasteiger partial charge in [0.1, 0.15) is 11.8 Å². The summed E-state index contributed by atoms with van der Waals surface area (Å²) in [6.07, 6.45) is 1.18. The third-order valence-electron chi connectivity index (χ3n) is 3.29. The molecule has 1 aromatic rings. The van der Waals surface area contributed by atoms with Crippen LogP contribution in [0.5, 0.6) is 5.75 Å². The Hall–Kier alpha value is -2.04. The Morgan fingerprint density at radius 2 is 2.21 bits per heavy atom. The van der Waals surface area contributed by atoms with Crippen LogP contribution in [-0.2, 0) is 16.0 Å². The van der Waals surface area contributed by atoms with E-state index in [4.69, 9.17) is 4.74 Å². The quantitative estimate of drug-likeness (QED) is 0.900. The molecule has 0 saturated carbocycles. The Bertz CT molecular complexity index is 512. The van der Waals surface area contributed by atoms with Crippen LogP contribution in [0.1, 0.15) is 25.8 Å². The van der Waals surface area contributed by atoms with Crippen molar-refractivity contribution in [1.82, 2.24) is 0 Å². The number of hydrogen-bond donors (Lipinski definition) is 1. The number of fused-ring (bicyclic) bond motifs is 1. The summed E-state index contributed by atoms with van der Waals surface area (Å²) in [4.78, 5) is 24.7. The van der Waals surface area contributed by atoms with Crippen LogP contribution in [0.3, 0.4) is 0 Å². The second-order valence-corrected chi connectivity index (χ2v) is 4.47. The first kappa shape index (κ1) is 13.4. The number of carbonyl (C=O) groups is 2. The van der Waals surface area contributed by atoms with E-state index in [1.54, 1.807) is 13.0 Å². The third kappa shape index (κ3) is 2.41. The fourth-order valence-electron chi connectivity index (χ4n) is 2.25. The van der Waals surface area contributed by atoms with Crippen LogP contribution >= 0.6 is 0 Å². The molecule has 1 aliphatic heterocycles. The van der Waals surface area contributed by atoms with Gasteiger partial charge >= 0.3 is 5.97 Å². The zero-order valence-corrected chi connectivity index (χ0v) is 11.0. The van der Waals surface area contributed by atoms with Gasteiger partial charge in [0, 0.05) is 0 Å². The predicted molar refractivity (Wildman–Crippen MR) is 70.5 cm³/mol. The molecule has 102 valence electrons. The van der Waals surface area contributed by atoms with Gasteiger partial charge in [-0.05, 0) is 30.5 Å². The van der Waals surface area contributed by atoms with Crippen molar-refractivity contribution in [2.24, 2.45) is 0 Å². The minimum atomic E-state index is -0.995. The van der Waals surface area contributed by atoms with Gasteiger partial charge in [-0.3, -0.25) is 9.69 Å². The van der Waals surface area contributed by atoms with E-state index in [9.17, 15) is 14.7 Å². The molecule has 1 heterocycles. The van der Waals surface area contributed by atoms with Crippen molar-refractivity contribution in [2.75, 3.05) is 11.5 Å². The highest BCUT2D eigenvalue weighted by Gasteiger charge is 2.34. The Kier molecular flexibility index (Phi) is 3.74. The van der Waals surface area contributed by atoms with Crippen LogP contribution in [0.25, 0.3) is 0 Å². The minimum Gasteiger partial charge on any atom is -0.482 e. The van der Waals surface area contributed by atoms with Gasteiger partial charge in [-0.2, -0.15) is 0 Å². The molecule has 19 heavy (non-hydrogen) atoms. The number of rotatable bonds is 4. The molecular weight excluding hydrogens is 246 g/mol. The summed E-state index contributed by atoms with van der Waals surface area (Å²) in [6.45, 7) is 3.65. The predicted octanol–water partition coefficient (Wildman–Crippen LogP) is 1.84. The molecule has 1 N–H and O–H groups in total. The highest BCUT2D eigenvalue weighted by molar-refractivity contribution is 6.02. The average Bonchev–Trinajstić information content (AvgIpc) is 2.41. The SMILES string of the molecule is CCc1ccc2c(c1)N(C(CC)C(=O)O)C(=O)CO2. The molecule has 0 aromatic heterocycles. The van der Waals surface area contributed by atoms with E-state index in [2.05, 4.69) is 0 Å². The van der Waals surface area contributed by atoms with Crippen LogP contribution in [0.2, 0.25) is 0 Å². The Morgan fingerprint density at radius 3 is 2.79 bits per heavy atom. The van der Waals surface area contributed by atoms with Crippen LogP contribution in [0, 0.1) is 0 Å². The molecule has 1 aliphatic rings. The monoisotopic (exact) mass is 263 g/mol. The molecule has 0 aliphatic carbocycles. The number of aliphatic carboxylic acids is 1. The number of carboxylic acids is 1. The summed E-state index contributed by atoms with van der Waals surface area (Å²) in [5, 5.41) is 9.26. The maximum atomic E-state index is 12.0. The number of aryl methyl sites for hydroxylation is 1. The number of amides is 1. The maximum absolute atomic E-state index is 12.0. The van der Waals surface area contributed by atoms with Crippen molar-refractivity contribution in [3.05, 3.63) is 23.8 Å². The molecule has 1 atom stereocenters. The van der Waals surface area contributed by atoms with Crippen molar-refractivity contribution in [1.29, 1.82) is 0 Å². The van der Waals surface area contributed by atoms with Gasteiger partial charge in [-0.1, -0.05) is 19.9 Å². The number of benzene rings is 1. The molecule has 0 spiro atoms. The second kappa shape index (κ2) is 5.30. The highest BCUT2D eigenvalue weighted by Crippen LogP contribution is 2.35. The van der Waals surface area contributed by atoms with Crippen molar-refractivity contribution in [3.63, 3.8) is 0 Å². The topological polar surface area (TPSA) is 66.8 Å². The van der Waals surface area contributed by atoms with Gasteiger partial charge in [0.15, 0.2) is 6.61 Å². The summed E-state index contributed by atoms with van der Waals surface area (Å²) in [5.41, 5.74) is 1.60. The lowest BCUT2D eigenvalue weighted by molar-refractivity contribution is -0.140. The number of carbonyl (C=O) groups excluding carboxylic acids is 1. The number of nitrogens with zero attached hydrogens (tertiary/aromatic N) is 1. The molecule has 1 amide bonds. The van der Waals surface area contributed by atoms with Gasteiger partial charge in [0.25, 0.3) is 5.91 Å². The molecule has 2 rings (SSSR count). The first-order valence-corrected chi connectivity index (χ1v) is 6.39. The molecule has 1 unspecified atom stereocenters. The lowest BCUT2D eigenvalue weighted by Crippen LogP contribution is -2.49. The largest absolute Gasteiger partial charge is 0.482 e. The zero-order chi connectivity index (χ0) is 14.0. The normalized spacial score (nSPS) is 15.7. The second-order valence-electron chi connectivity index (χ2n) is 4.47. The maximum Gasteiger partial charge on any atom is 0.326 e. The van der Waals surface area contributed by atoms with Gasteiger partial charge in [-0.25, -0.2) is 4.79 Å². The van der Waals surface area contributed by atoms with Crippen molar-refractivity contribution in [3.8, 4) is 5.75 Å². The summed E-state index contributed by atoms with van der Waals surface area (Å²) >= 11 is 0. The molecule has 0 bridgehead atoms. The zero-order valence-electron chi connectivity index (χ0n) is 11.0. The smallest absolute Gasteiger partial charge is 0.326 e. The molecule has 5 nitrogen and oxygen atoms in total. The van der Waals surface area contributed by atoms with Crippen molar-refractivity contribution >= 4 is 17.6 Å². The van der Waals surface area contributed by atoms with Gasteiger partial charge in [-0.15, -0.1) is 0 Å². The van der Waals surface area contributed by atoms with E-state index in [1.165, 1.54) is 4.90 Å². The van der Waals surface area contributed by atoms with E-state index in [1.807, 2.05) is 19.1 Å². The molecular formula is C14H17NO4. The fourth-order valence-corrected chi connectivity index (χ4v) is 2.25. The molecule has 0 radical (unpaired) electrons. The van der Waals surface area contributed by atoms with E-state index < -0.39 is 12.0 Å². The Labute approximate surface area is 111 Å². The molecule has 1 aromatic carbocycles. The number of ether oxygens (including phenoxy) is 1. The summed E-state index contributed by atoms with van der Waals surface area (Å²) in [7, 11) is 0. The number of hydrogen-bond acceptors (Lipinski definition) is 3. The standard InChI is InChI=1S/C14H17NO4/c1-3-9-5-6-12-11(7-9)15(13(16)8-19-12)10(4-2)14(17)18/h5-7,10H,3-4,8H2,1-2H3,(H,17,18). The van der Waals surface area contributed by atoms with Crippen LogP contribution in [-0.4, -0.2) is 29.6 Å².